The molecule has 0 fully saturated rings. The van der Waals surface area contributed by atoms with Crippen molar-refractivity contribution in [2.75, 3.05) is 0 Å². The van der Waals surface area contributed by atoms with E-state index in [1.54, 1.807) is 11.3 Å². The molecule has 1 aromatic rings. The van der Waals surface area contributed by atoms with Crippen LogP contribution in [0.4, 0.5) is 0 Å². The molecule has 0 spiro atoms. The van der Waals surface area contributed by atoms with Gasteiger partial charge in [0.25, 0.3) is 0 Å². The molecule has 5 heteroatoms. The smallest absolute Gasteiger partial charge is 0.220 e. The molecule has 0 saturated carbocycles. The van der Waals surface area contributed by atoms with Crippen LogP contribution in [0.2, 0.25) is 0 Å². The normalized spacial score (nSPS) is 11.2. The largest absolute Gasteiger partial charge is 0.391 e. The van der Waals surface area contributed by atoms with Gasteiger partial charge in [0.15, 0.2) is 0 Å². The lowest BCUT2D eigenvalue weighted by molar-refractivity contribution is -0.122. The molecule has 0 aliphatic rings. The van der Waals surface area contributed by atoms with Gasteiger partial charge in [-0.25, -0.2) is 0 Å². The number of thiocarbonyl (C=S) groups is 1. The molecule has 0 atom stereocenters. The lowest BCUT2D eigenvalue weighted by Gasteiger charge is -2.24. The number of amides is 1. The molecule has 0 aliphatic carbocycles. The predicted octanol–water partition coefficient (Wildman–Crippen LogP) is 2.25. The van der Waals surface area contributed by atoms with Gasteiger partial charge in [-0.15, -0.1) is 11.3 Å². The van der Waals surface area contributed by atoms with Gasteiger partial charge in [0, 0.05) is 11.3 Å². The first-order valence-electron chi connectivity index (χ1n) is 5.55. The summed E-state index contributed by atoms with van der Waals surface area (Å²) in [6, 6.07) is 4.11. The van der Waals surface area contributed by atoms with Crippen molar-refractivity contribution < 1.29 is 4.79 Å². The highest BCUT2D eigenvalue weighted by Crippen LogP contribution is 2.12. The van der Waals surface area contributed by atoms with Crippen LogP contribution >= 0.6 is 23.6 Å². The topological polar surface area (TPSA) is 55.1 Å². The maximum atomic E-state index is 11.7. The van der Waals surface area contributed by atoms with Crippen LogP contribution in [0.5, 0.6) is 0 Å². The van der Waals surface area contributed by atoms with E-state index in [2.05, 4.69) is 11.4 Å². The summed E-state index contributed by atoms with van der Waals surface area (Å²) >= 11 is 6.61. The molecular weight excluding hydrogens is 252 g/mol. The molecule has 0 radical (unpaired) electrons. The van der Waals surface area contributed by atoms with E-state index in [-0.39, 0.29) is 5.91 Å². The van der Waals surface area contributed by atoms with Gasteiger partial charge < -0.3 is 11.1 Å². The van der Waals surface area contributed by atoms with Crippen molar-refractivity contribution in [2.45, 2.75) is 38.6 Å². The second kappa shape index (κ2) is 6.12. The summed E-state index contributed by atoms with van der Waals surface area (Å²) in [6.45, 7) is 3.62. The summed E-state index contributed by atoms with van der Waals surface area (Å²) < 4.78 is 0. The van der Waals surface area contributed by atoms with Gasteiger partial charge in [-0.3, -0.25) is 4.79 Å². The molecule has 3 N–H and O–H groups in total. The standard InChI is InChI=1S/C12H18N2OS2/c1-12(2,11(13)16)14-10(15)7-3-5-9-6-4-8-17-9/h4,6,8H,3,5,7H2,1-2H3,(H2,13,16)(H,14,15). The minimum absolute atomic E-state index is 0.000596. The first-order valence-corrected chi connectivity index (χ1v) is 6.84. The van der Waals surface area contributed by atoms with Crippen molar-refractivity contribution >= 4 is 34.5 Å². The molecule has 0 bridgehead atoms. The number of hydrogen-bond donors (Lipinski definition) is 2. The summed E-state index contributed by atoms with van der Waals surface area (Å²) in [4.78, 5) is 13.3. The number of rotatable bonds is 6. The number of aryl methyl sites for hydroxylation is 1. The lowest BCUT2D eigenvalue weighted by atomic mass is 10.1. The van der Waals surface area contributed by atoms with Crippen LogP contribution < -0.4 is 11.1 Å². The van der Waals surface area contributed by atoms with Crippen molar-refractivity contribution in [3.63, 3.8) is 0 Å². The molecule has 1 amide bonds. The first kappa shape index (κ1) is 14.1. The summed E-state index contributed by atoms with van der Waals surface area (Å²) in [5.41, 5.74) is 4.94. The zero-order chi connectivity index (χ0) is 12.9. The Labute approximate surface area is 111 Å². The molecular formula is C12H18N2OS2. The molecule has 0 aromatic carbocycles. The zero-order valence-electron chi connectivity index (χ0n) is 10.2. The number of thiophene rings is 1. The van der Waals surface area contributed by atoms with Gasteiger partial charge >= 0.3 is 0 Å². The number of nitrogens with one attached hydrogen (secondary N) is 1. The quantitative estimate of drug-likeness (QED) is 0.780. The average Bonchev–Trinajstić information content (AvgIpc) is 2.69. The van der Waals surface area contributed by atoms with Crippen LogP contribution in [0, 0.1) is 0 Å². The fourth-order valence-corrected chi connectivity index (χ4v) is 2.15. The number of carbonyl (C=O) groups excluding carboxylic acids is 1. The maximum absolute atomic E-state index is 11.7. The van der Waals surface area contributed by atoms with E-state index < -0.39 is 5.54 Å². The minimum atomic E-state index is -0.602. The Bertz CT molecular complexity index is 385. The van der Waals surface area contributed by atoms with Crippen LogP contribution in [-0.4, -0.2) is 16.4 Å². The van der Waals surface area contributed by atoms with Crippen molar-refractivity contribution in [2.24, 2.45) is 5.73 Å². The third-order valence-corrected chi connectivity index (χ3v) is 3.92. The first-order chi connectivity index (χ1) is 7.92. The Balaban J connectivity index is 2.28. The van der Waals surface area contributed by atoms with E-state index in [0.717, 1.165) is 12.8 Å². The summed E-state index contributed by atoms with van der Waals surface area (Å²) in [7, 11) is 0. The third kappa shape index (κ3) is 4.83. The van der Waals surface area contributed by atoms with Gasteiger partial charge in [-0.1, -0.05) is 18.3 Å². The molecule has 94 valence electrons. The molecule has 3 nitrogen and oxygen atoms in total. The maximum Gasteiger partial charge on any atom is 0.220 e. The van der Waals surface area contributed by atoms with Gasteiger partial charge in [0.2, 0.25) is 5.91 Å². The Kier molecular flexibility index (Phi) is 5.08. The molecule has 1 heterocycles. The van der Waals surface area contributed by atoms with Crippen molar-refractivity contribution in [3.05, 3.63) is 22.4 Å². The second-order valence-electron chi connectivity index (χ2n) is 4.47. The molecule has 0 unspecified atom stereocenters. The zero-order valence-corrected chi connectivity index (χ0v) is 11.8. The molecule has 17 heavy (non-hydrogen) atoms. The van der Waals surface area contributed by atoms with E-state index in [1.165, 1.54) is 4.88 Å². The van der Waals surface area contributed by atoms with Crippen molar-refractivity contribution in [1.82, 2.24) is 5.32 Å². The Morgan fingerprint density at radius 2 is 2.29 bits per heavy atom. The number of hydrogen-bond acceptors (Lipinski definition) is 3. The van der Waals surface area contributed by atoms with Crippen LogP contribution in [0.3, 0.4) is 0 Å². The highest BCUT2D eigenvalue weighted by Gasteiger charge is 2.22. The average molecular weight is 270 g/mol. The molecule has 1 rings (SSSR count). The Morgan fingerprint density at radius 1 is 1.59 bits per heavy atom. The summed E-state index contributed by atoms with van der Waals surface area (Å²) in [6.07, 6.45) is 2.29. The van der Waals surface area contributed by atoms with Crippen LogP contribution in [-0.2, 0) is 11.2 Å². The van der Waals surface area contributed by atoms with E-state index >= 15 is 0 Å². The summed E-state index contributed by atoms with van der Waals surface area (Å²) in [5, 5.41) is 4.88. The molecule has 0 saturated heterocycles. The number of nitrogens with two attached hydrogens (primary N) is 1. The van der Waals surface area contributed by atoms with Crippen molar-refractivity contribution in [3.8, 4) is 0 Å². The van der Waals surface area contributed by atoms with Gasteiger partial charge in [-0.2, -0.15) is 0 Å². The predicted molar refractivity (Wildman–Crippen MR) is 76.3 cm³/mol. The molecule has 0 aliphatic heterocycles. The fourth-order valence-electron chi connectivity index (χ4n) is 1.35. The summed E-state index contributed by atoms with van der Waals surface area (Å²) in [5.74, 6) is -0.000596. The van der Waals surface area contributed by atoms with Crippen LogP contribution in [0.25, 0.3) is 0 Å². The van der Waals surface area contributed by atoms with Crippen molar-refractivity contribution in [1.29, 1.82) is 0 Å². The van der Waals surface area contributed by atoms with Gasteiger partial charge in [-0.05, 0) is 38.1 Å². The van der Waals surface area contributed by atoms with Gasteiger partial charge in [0.05, 0.1) is 10.5 Å². The van der Waals surface area contributed by atoms with Crippen LogP contribution in [0.1, 0.15) is 31.6 Å². The lowest BCUT2D eigenvalue weighted by Crippen LogP contribution is -2.52. The number of carbonyl (C=O) groups is 1. The monoisotopic (exact) mass is 270 g/mol. The Morgan fingerprint density at radius 3 is 2.82 bits per heavy atom. The second-order valence-corrected chi connectivity index (χ2v) is 5.94. The van der Waals surface area contributed by atoms with E-state index in [1.807, 2.05) is 25.3 Å². The molecule has 1 aromatic heterocycles. The van der Waals surface area contributed by atoms with E-state index in [0.29, 0.717) is 11.4 Å². The van der Waals surface area contributed by atoms with E-state index in [4.69, 9.17) is 18.0 Å². The fraction of sp³-hybridized carbons (Fsp3) is 0.500. The van der Waals surface area contributed by atoms with Crippen LogP contribution in [0.15, 0.2) is 17.5 Å². The minimum Gasteiger partial charge on any atom is -0.391 e. The highest BCUT2D eigenvalue weighted by molar-refractivity contribution is 7.80. The van der Waals surface area contributed by atoms with Gasteiger partial charge in [0.1, 0.15) is 0 Å². The highest BCUT2D eigenvalue weighted by atomic mass is 32.1. The SMILES string of the molecule is CC(C)(NC(=O)CCCc1cccs1)C(N)=S. The van der Waals surface area contributed by atoms with E-state index in [9.17, 15) is 4.79 Å². The Hall–Kier alpha value is -0.940. The third-order valence-electron chi connectivity index (χ3n) is 2.48.